The minimum atomic E-state index is -0.000718. The van der Waals surface area contributed by atoms with Crippen LogP contribution in [-0.4, -0.2) is 29.6 Å². The molecule has 3 aliphatic rings. The fourth-order valence-electron chi connectivity index (χ4n) is 4.24. The second-order valence-electron chi connectivity index (χ2n) is 6.42. The summed E-state index contributed by atoms with van der Waals surface area (Å²) in [5.41, 5.74) is 7.58. The zero-order valence-corrected chi connectivity index (χ0v) is 11.3. The Bertz CT molecular complexity index is 489. The summed E-state index contributed by atoms with van der Waals surface area (Å²) in [5.74, 6) is 1.02. The predicted molar refractivity (Wildman–Crippen MR) is 75.2 cm³/mol. The van der Waals surface area contributed by atoms with Gasteiger partial charge in [-0.25, -0.2) is 0 Å². The van der Waals surface area contributed by atoms with Crippen LogP contribution in [0.2, 0.25) is 0 Å². The van der Waals surface area contributed by atoms with Gasteiger partial charge in [0.25, 0.3) is 0 Å². The molecule has 2 N–H and O–H groups in total. The average Bonchev–Trinajstić information content (AvgIpc) is 2.85. The summed E-state index contributed by atoms with van der Waals surface area (Å²) in [7, 11) is 0. The Hall–Kier alpha value is -1.06. The summed E-state index contributed by atoms with van der Waals surface area (Å²) in [6.07, 6.45) is 5.96. The molecular formula is C16H22N2O. The third-order valence-corrected chi connectivity index (χ3v) is 5.20. The number of benzene rings is 1. The standard InChI is InChI=1S/C16H22N2O/c17-14-11-16(19-15-6-2-1-5-13(14)15)7-9-18-8-3-4-12(18)10-16/h1-2,5-6,12,14H,3-4,7-11,17H2/t12?,14-,16?/m1/s1. The molecule has 3 heterocycles. The lowest BCUT2D eigenvalue weighted by Crippen LogP contribution is -2.53. The minimum Gasteiger partial charge on any atom is -0.487 e. The Morgan fingerprint density at radius 3 is 3.05 bits per heavy atom. The Morgan fingerprint density at radius 1 is 1.21 bits per heavy atom. The molecule has 102 valence electrons. The van der Waals surface area contributed by atoms with Crippen LogP contribution in [0.3, 0.4) is 0 Å². The zero-order valence-electron chi connectivity index (χ0n) is 11.3. The van der Waals surface area contributed by atoms with Crippen molar-refractivity contribution < 1.29 is 4.74 Å². The first kappa shape index (κ1) is 11.7. The van der Waals surface area contributed by atoms with Crippen LogP contribution in [-0.2, 0) is 0 Å². The van der Waals surface area contributed by atoms with E-state index in [2.05, 4.69) is 29.2 Å². The first-order chi connectivity index (χ1) is 9.26. The number of ether oxygens (including phenoxy) is 1. The van der Waals surface area contributed by atoms with E-state index in [-0.39, 0.29) is 11.6 Å². The molecule has 4 rings (SSSR count). The van der Waals surface area contributed by atoms with Crippen molar-refractivity contribution >= 4 is 0 Å². The number of hydrogen-bond acceptors (Lipinski definition) is 3. The van der Waals surface area contributed by atoms with Crippen LogP contribution in [0, 0.1) is 0 Å². The van der Waals surface area contributed by atoms with Gasteiger partial charge in [0.1, 0.15) is 11.4 Å². The molecule has 0 amide bonds. The highest BCUT2D eigenvalue weighted by molar-refractivity contribution is 5.38. The topological polar surface area (TPSA) is 38.5 Å². The summed E-state index contributed by atoms with van der Waals surface area (Å²) in [6, 6.07) is 9.16. The van der Waals surface area contributed by atoms with Crippen LogP contribution >= 0.6 is 0 Å². The molecule has 0 radical (unpaired) electrons. The van der Waals surface area contributed by atoms with Gasteiger partial charge in [-0.15, -0.1) is 0 Å². The molecule has 2 fully saturated rings. The van der Waals surface area contributed by atoms with Gasteiger partial charge in [-0.2, -0.15) is 0 Å². The van der Waals surface area contributed by atoms with Gasteiger partial charge < -0.3 is 15.4 Å². The number of hydrogen-bond donors (Lipinski definition) is 1. The van der Waals surface area contributed by atoms with Gasteiger partial charge in [-0.3, -0.25) is 0 Å². The van der Waals surface area contributed by atoms with E-state index in [1.807, 2.05) is 0 Å². The molecule has 0 saturated carbocycles. The lowest BCUT2D eigenvalue weighted by atomic mass is 9.78. The van der Waals surface area contributed by atoms with Crippen LogP contribution < -0.4 is 10.5 Å². The van der Waals surface area contributed by atoms with Crippen LogP contribution in [0.25, 0.3) is 0 Å². The molecule has 0 bridgehead atoms. The van der Waals surface area contributed by atoms with E-state index in [9.17, 15) is 0 Å². The number of nitrogens with zero attached hydrogens (tertiary/aromatic N) is 1. The highest BCUT2D eigenvalue weighted by atomic mass is 16.5. The second kappa shape index (κ2) is 4.22. The maximum absolute atomic E-state index is 6.43. The molecule has 1 aromatic rings. The molecule has 2 saturated heterocycles. The highest BCUT2D eigenvalue weighted by Crippen LogP contribution is 2.45. The summed E-state index contributed by atoms with van der Waals surface area (Å²) in [6.45, 7) is 2.46. The fraction of sp³-hybridized carbons (Fsp3) is 0.625. The molecule has 0 aromatic heterocycles. The normalized spacial score (nSPS) is 37.7. The van der Waals surface area contributed by atoms with Crippen molar-refractivity contribution in [1.82, 2.24) is 4.90 Å². The minimum absolute atomic E-state index is 0.000718. The molecule has 19 heavy (non-hydrogen) atoms. The van der Waals surface area contributed by atoms with Gasteiger partial charge in [0.15, 0.2) is 0 Å². The second-order valence-corrected chi connectivity index (χ2v) is 6.42. The summed E-state index contributed by atoms with van der Waals surface area (Å²) in [4.78, 5) is 2.64. The molecule has 0 aliphatic carbocycles. The van der Waals surface area contributed by atoms with E-state index >= 15 is 0 Å². The monoisotopic (exact) mass is 258 g/mol. The molecule has 3 atom stereocenters. The van der Waals surface area contributed by atoms with Gasteiger partial charge in [0.05, 0.1) is 0 Å². The fourth-order valence-corrected chi connectivity index (χ4v) is 4.24. The van der Waals surface area contributed by atoms with E-state index in [0.29, 0.717) is 0 Å². The Balaban J connectivity index is 1.63. The Morgan fingerprint density at radius 2 is 2.11 bits per heavy atom. The molecule has 3 aliphatic heterocycles. The number of piperidine rings is 1. The molecule has 2 unspecified atom stereocenters. The summed E-state index contributed by atoms with van der Waals surface area (Å²) < 4.78 is 6.43. The SMILES string of the molecule is N[C@@H]1CC2(CCN3CCCC3C2)Oc2ccccc21. The number of nitrogens with two attached hydrogens (primary N) is 1. The predicted octanol–water partition coefficient (Wildman–Crippen LogP) is 2.47. The third kappa shape index (κ3) is 1.87. The van der Waals surface area contributed by atoms with Crippen molar-refractivity contribution in [1.29, 1.82) is 0 Å². The van der Waals surface area contributed by atoms with Crippen LogP contribution in [0.15, 0.2) is 24.3 Å². The lowest BCUT2D eigenvalue weighted by Gasteiger charge is -2.48. The van der Waals surface area contributed by atoms with Gasteiger partial charge in [-0.1, -0.05) is 18.2 Å². The number of fused-ring (bicyclic) bond motifs is 2. The Kier molecular flexibility index (Phi) is 2.61. The van der Waals surface area contributed by atoms with Crippen molar-refractivity contribution in [2.24, 2.45) is 5.73 Å². The third-order valence-electron chi connectivity index (χ3n) is 5.20. The largest absolute Gasteiger partial charge is 0.487 e. The molecule has 1 aromatic carbocycles. The van der Waals surface area contributed by atoms with Gasteiger partial charge in [0, 0.05) is 37.0 Å². The summed E-state index contributed by atoms with van der Waals surface area (Å²) in [5, 5.41) is 0. The zero-order chi connectivity index (χ0) is 12.9. The molecule has 3 heteroatoms. The molecule has 1 spiro atoms. The van der Waals surface area contributed by atoms with Crippen molar-refractivity contribution in [3.63, 3.8) is 0 Å². The van der Waals surface area contributed by atoms with E-state index in [1.165, 1.54) is 31.5 Å². The maximum Gasteiger partial charge on any atom is 0.124 e. The quantitative estimate of drug-likeness (QED) is 0.777. The summed E-state index contributed by atoms with van der Waals surface area (Å²) >= 11 is 0. The molecule has 3 nitrogen and oxygen atoms in total. The lowest BCUT2D eigenvalue weighted by molar-refractivity contribution is -0.0358. The van der Waals surface area contributed by atoms with Crippen LogP contribution in [0.1, 0.15) is 43.7 Å². The average molecular weight is 258 g/mol. The van der Waals surface area contributed by atoms with Crippen molar-refractivity contribution in [3.8, 4) is 5.75 Å². The van der Waals surface area contributed by atoms with Crippen molar-refractivity contribution in [3.05, 3.63) is 29.8 Å². The number of rotatable bonds is 0. The maximum atomic E-state index is 6.43. The van der Waals surface area contributed by atoms with E-state index in [4.69, 9.17) is 10.5 Å². The first-order valence-electron chi connectivity index (χ1n) is 7.53. The Labute approximate surface area is 114 Å². The number of para-hydroxylation sites is 1. The van der Waals surface area contributed by atoms with Crippen molar-refractivity contribution in [2.45, 2.75) is 49.8 Å². The van der Waals surface area contributed by atoms with Crippen LogP contribution in [0.5, 0.6) is 5.75 Å². The smallest absolute Gasteiger partial charge is 0.124 e. The van der Waals surface area contributed by atoms with E-state index in [0.717, 1.165) is 31.1 Å². The van der Waals surface area contributed by atoms with Crippen molar-refractivity contribution in [2.75, 3.05) is 13.1 Å². The molecular weight excluding hydrogens is 236 g/mol. The first-order valence-corrected chi connectivity index (χ1v) is 7.53. The van der Waals surface area contributed by atoms with Gasteiger partial charge in [-0.05, 0) is 31.9 Å². The van der Waals surface area contributed by atoms with Gasteiger partial charge in [0.2, 0.25) is 0 Å². The highest BCUT2D eigenvalue weighted by Gasteiger charge is 2.46. The van der Waals surface area contributed by atoms with E-state index in [1.54, 1.807) is 0 Å². The van der Waals surface area contributed by atoms with E-state index < -0.39 is 0 Å². The van der Waals surface area contributed by atoms with Crippen LogP contribution in [0.4, 0.5) is 0 Å². The van der Waals surface area contributed by atoms with Gasteiger partial charge >= 0.3 is 0 Å².